The van der Waals surface area contributed by atoms with Crippen LogP contribution in [0.25, 0.3) is 0 Å². The predicted octanol–water partition coefficient (Wildman–Crippen LogP) is 4.51. The Morgan fingerprint density at radius 1 is 1.16 bits per heavy atom. The molecule has 25 heavy (non-hydrogen) atoms. The number of aliphatic hydroxyl groups excluding tert-OH is 1. The van der Waals surface area contributed by atoms with Gasteiger partial charge in [-0.3, -0.25) is 0 Å². The average Bonchev–Trinajstić information content (AvgIpc) is 2.82. The molecule has 0 spiro atoms. The standard InChI is InChI=1S/C19H23F3O3/c1-18-7-6-11-12(14(18)4-5-17(18)24)3-2-10-8-15(23)16(9-13(10)11)25-19(20,21)22/h8-9,11-12,14,17,23-24H,2-7H2,1H3. The fraction of sp³-hybridized carbons (Fsp3) is 0.684. The normalized spacial score (nSPS) is 37.2. The van der Waals surface area contributed by atoms with Gasteiger partial charge in [-0.15, -0.1) is 13.2 Å². The Bertz CT molecular complexity index is 687. The van der Waals surface area contributed by atoms with Crippen molar-refractivity contribution in [2.45, 2.75) is 63.8 Å². The van der Waals surface area contributed by atoms with Crippen molar-refractivity contribution in [1.82, 2.24) is 0 Å². The minimum absolute atomic E-state index is 0.0686. The van der Waals surface area contributed by atoms with Crippen LogP contribution < -0.4 is 4.74 Å². The van der Waals surface area contributed by atoms with Crippen LogP contribution in [0.4, 0.5) is 13.2 Å². The molecule has 2 fully saturated rings. The van der Waals surface area contributed by atoms with Crippen molar-refractivity contribution in [1.29, 1.82) is 0 Å². The number of aryl methyl sites for hydroxylation is 1. The molecule has 0 aromatic heterocycles. The van der Waals surface area contributed by atoms with E-state index in [1.807, 2.05) is 0 Å². The molecule has 6 heteroatoms. The summed E-state index contributed by atoms with van der Waals surface area (Å²) in [6, 6.07) is 2.83. The molecular formula is C19H23F3O3. The molecule has 4 rings (SSSR count). The minimum Gasteiger partial charge on any atom is -0.504 e. The third-order valence-corrected chi connectivity index (χ3v) is 6.98. The topological polar surface area (TPSA) is 49.7 Å². The van der Waals surface area contributed by atoms with Gasteiger partial charge in [0.25, 0.3) is 0 Å². The van der Waals surface area contributed by atoms with Gasteiger partial charge < -0.3 is 14.9 Å². The van der Waals surface area contributed by atoms with Gasteiger partial charge in [0.15, 0.2) is 11.5 Å². The zero-order valence-electron chi connectivity index (χ0n) is 14.1. The van der Waals surface area contributed by atoms with E-state index in [4.69, 9.17) is 0 Å². The van der Waals surface area contributed by atoms with E-state index in [1.165, 1.54) is 12.1 Å². The number of ether oxygens (including phenoxy) is 1. The molecule has 0 aliphatic heterocycles. The van der Waals surface area contributed by atoms with Crippen LogP contribution in [0.3, 0.4) is 0 Å². The maximum Gasteiger partial charge on any atom is 0.573 e. The van der Waals surface area contributed by atoms with E-state index in [2.05, 4.69) is 11.7 Å². The molecular weight excluding hydrogens is 333 g/mol. The van der Waals surface area contributed by atoms with E-state index in [9.17, 15) is 23.4 Å². The largest absolute Gasteiger partial charge is 0.573 e. The molecule has 0 bridgehead atoms. The SMILES string of the molecule is CC12CCC3c4cc(OC(F)(F)F)c(O)cc4CCC3C1CCC2O. The molecule has 3 aliphatic rings. The fourth-order valence-electron chi connectivity index (χ4n) is 5.77. The molecule has 3 nitrogen and oxygen atoms in total. The lowest BCUT2D eigenvalue weighted by atomic mass is 9.55. The number of aromatic hydroxyl groups is 1. The lowest BCUT2D eigenvalue weighted by Gasteiger charge is -2.50. The van der Waals surface area contributed by atoms with Crippen LogP contribution in [-0.2, 0) is 6.42 Å². The first kappa shape index (κ1) is 17.0. The number of rotatable bonds is 1. The van der Waals surface area contributed by atoms with Crippen LogP contribution in [-0.4, -0.2) is 22.7 Å². The van der Waals surface area contributed by atoms with Gasteiger partial charge in [0, 0.05) is 0 Å². The summed E-state index contributed by atoms with van der Waals surface area (Å²) in [6.45, 7) is 2.16. The van der Waals surface area contributed by atoms with Gasteiger partial charge in [0.1, 0.15) is 0 Å². The van der Waals surface area contributed by atoms with Crippen molar-refractivity contribution >= 4 is 0 Å². The molecule has 0 heterocycles. The van der Waals surface area contributed by atoms with Gasteiger partial charge in [-0.1, -0.05) is 6.92 Å². The van der Waals surface area contributed by atoms with E-state index in [0.717, 1.165) is 49.7 Å². The Kier molecular flexibility index (Phi) is 3.76. The first-order valence-electron chi connectivity index (χ1n) is 8.98. The van der Waals surface area contributed by atoms with Crippen LogP contribution in [0, 0.1) is 17.3 Å². The van der Waals surface area contributed by atoms with Gasteiger partial charge in [-0.25, -0.2) is 0 Å². The number of phenolic OH excluding ortho intramolecular Hbond substituents is 1. The number of alkyl halides is 3. The summed E-state index contributed by atoms with van der Waals surface area (Å²) in [5.74, 6) is 0.0170. The molecule has 0 amide bonds. The number of hydrogen-bond donors (Lipinski definition) is 2. The predicted molar refractivity (Wildman–Crippen MR) is 85.4 cm³/mol. The monoisotopic (exact) mass is 356 g/mol. The maximum absolute atomic E-state index is 12.6. The second kappa shape index (κ2) is 5.53. The highest BCUT2D eigenvalue weighted by Crippen LogP contribution is 2.61. The molecule has 3 aliphatic carbocycles. The van der Waals surface area contributed by atoms with Gasteiger partial charge >= 0.3 is 6.36 Å². The summed E-state index contributed by atoms with van der Waals surface area (Å²) in [5.41, 5.74) is 1.74. The van der Waals surface area contributed by atoms with E-state index in [1.54, 1.807) is 0 Å². The summed E-state index contributed by atoms with van der Waals surface area (Å²) in [5, 5.41) is 20.3. The third kappa shape index (κ3) is 2.69. The smallest absolute Gasteiger partial charge is 0.504 e. The lowest BCUT2D eigenvalue weighted by Crippen LogP contribution is -2.43. The summed E-state index contributed by atoms with van der Waals surface area (Å²) < 4.78 is 41.8. The Hall–Kier alpha value is -1.43. The minimum atomic E-state index is -4.82. The summed E-state index contributed by atoms with van der Waals surface area (Å²) in [7, 11) is 0. The van der Waals surface area contributed by atoms with Crippen LogP contribution in [0.2, 0.25) is 0 Å². The van der Waals surface area contributed by atoms with Gasteiger partial charge in [0.2, 0.25) is 0 Å². The Morgan fingerprint density at radius 2 is 1.92 bits per heavy atom. The fourth-order valence-corrected chi connectivity index (χ4v) is 5.77. The van der Waals surface area contributed by atoms with E-state index >= 15 is 0 Å². The average molecular weight is 356 g/mol. The van der Waals surface area contributed by atoms with E-state index in [0.29, 0.717) is 11.8 Å². The summed E-state index contributed by atoms with van der Waals surface area (Å²) >= 11 is 0. The first-order chi connectivity index (χ1) is 11.7. The molecule has 2 saturated carbocycles. The zero-order valence-corrected chi connectivity index (χ0v) is 14.1. The Balaban J connectivity index is 1.69. The van der Waals surface area contributed by atoms with Crippen molar-refractivity contribution in [3.63, 3.8) is 0 Å². The molecule has 5 unspecified atom stereocenters. The highest BCUT2D eigenvalue weighted by molar-refractivity contribution is 5.49. The van der Waals surface area contributed by atoms with Gasteiger partial charge in [0.05, 0.1) is 6.10 Å². The molecule has 0 saturated heterocycles. The van der Waals surface area contributed by atoms with E-state index in [-0.39, 0.29) is 17.4 Å². The second-order valence-electron chi connectivity index (χ2n) is 8.12. The molecule has 1 aromatic carbocycles. The lowest BCUT2D eigenvalue weighted by molar-refractivity contribution is -0.275. The molecule has 1 aromatic rings. The molecule has 0 radical (unpaired) electrons. The third-order valence-electron chi connectivity index (χ3n) is 6.98. The highest BCUT2D eigenvalue weighted by Gasteiger charge is 2.54. The van der Waals surface area contributed by atoms with Crippen molar-refractivity contribution in [3.05, 3.63) is 23.3 Å². The number of fused-ring (bicyclic) bond motifs is 5. The van der Waals surface area contributed by atoms with Crippen LogP contribution >= 0.6 is 0 Å². The van der Waals surface area contributed by atoms with Crippen molar-refractivity contribution in [2.24, 2.45) is 17.3 Å². The first-order valence-corrected chi connectivity index (χ1v) is 8.98. The number of halogens is 3. The van der Waals surface area contributed by atoms with Crippen molar-refractivity contribution in [2.75, 3.05) is 0 Å². The summed E-state index contributed by atoms with van der Waals surface area (Å²) in [6.07, 6.45) is 0.160. The van der Waals surface area contributed by atoms with Gasteiger partial charge in [-0.05, 0) is 85.0 Å². The van der Waals surface area contributed by atoms with Crippen LogP contribution in [0.15, 0.2) is 12.1 Å². The number of phenols is 1. The van der Waals surface area contributed by atoms with Crippen LogP contribution in [0.5, 0.6) is 11.5 Å². The Morgan fingerprint density at radius 3 is 2.64 bits per heavy atom. The number of aliphatic hydroxyl groups is 1. The quantitative estimate of drug-likeness (QED) is 0.778. The highest BCUT2D eigenvalue weighted by atomic mass is 19.4. The van der Waals surface area contributed by atoms with Gasteiger partial charge in [-0.2, -0.15) is 0 Å². The summed E-state index contributed by atoms with van der Waals surface area (Å²) in [4.78, 5) is 0. The zero-order chi connectivity index (χ0) is 18.0. The van der Waals surface area contributed by atoms with Crippen molar-refractivity contribution in [3.8, 4) is 11.5 Å². The Labute approximate surface area is 144 Å². The van der Waals surface area contributed by atoms with E-state index < -0.39 is 17.9 Å². The molecule has 138 valence electrons. The van der Waals surface area contributed by atoms with Crippen molar-refractivity contribution < 1.29 is 28.1 Å². The molecule has 2 N–H and O–H groups in total. The number of benzene rings is 1. The molecule has 5 atom stereocenters. The number of hydrogen-bond acceptors (Lipinski definition) is 3. The maximum atomic E-state index is 12.6. The van der Waals surface area contributed by atoms with Crippen LogP contribution in [0.1, 0.15) is 56.1 Å². The second-order valence-corrected chi connectivity index (χ2v) is 8.12.